The Bertz CT molecular complexity index is 492. The van der Waals surface area contributed by atoms with E-state index in [1.807, 2.05) is 19.1 Å². The minimum Gasteiger partial charge on any atom is -0.481 e. The topological polar surface area (TPSA) is 40.5 Å². The highest BCUT2D eigenvalue weighted by Gasteiger charge is 2.38. The van der Waals surface area contributed by atoms with Crippen LogP contribution >= 0.6 is 23.2 Å². The molecule has 0 amide bonds. The normalized spacial score (nSPS) is 25.5. The summed E-state index contributed by atoms with van der Waals surface area (Å²) in [5, 5.41) is 10.2. The molecule has 0 spiro atoms. The first-order valence-corrected chi connectivity index (χ1v) is 7.11. The van der Waals surface area contributed by atoms with E-state index in [1.165, 1.54) is 0 Å². The Morgan fingerprint density at radius 3 is 2.63 bits per heavy atom. The SMILES string of the molecule is CC(c1ccc(Cl)c(Cl)c1)N1CCC(C(=O)O)C1C. The zero-order valence-corrected chi connectivity index (χ0v) is 12.4. The number of likely N-dealkylation sites (tertiary alicyclic amines) is 1. The molecule has 1 N–H and O–H groups in total. The van der Waals surface area contributed by atoms with Crippen LogP contribution in [0.25, 0.3) is 0 Å². The monoisotopic (exact) mass is 301 g/mol. The molecule has 104 valence electrons. The smallest absolute Gasteiger partial charge is 0.308 e. The minimum absolute atomic E-state index is 0.0296. The predicted molar refractivity (Wildman–Crippen MR) is 76.8 cm³/mol. The van der Waals surface area contributed by atoms with Crippen molar-refractivity contribution in [3.05, 3.63) is 33.8 Å². The molecule has 2 rings (SSSR count). The van der Waals surface area contributed by atoms with Gasteiger partial charge in [0.25, 0.3) is 0 Å². The second kappa shape index (κ2) is 5.70. The summed E-state index contributed by atoms with van der Waals surface area (Å²) in [6.07, 6.45) is 0.697. The van der Waals surface area contributed by atoms with Crippen LogP contribution < -0.4 is 0 Å². The summed E-state index contributed by atoms with van der Waals surface area (Å²) in [7, 11) is 0. The van der Waals surface area contributed by atoms with Crippen molar-refractivity contribution in [3.63, 3.8) is 0 Å². The predicted octanol–water partition coefficient (Wildman–Crippen LogP) is 3.85. The molecular formula is C14H17Cl2NO2. The van der Waals surface area contributed by atoms with Crippen molar-refractivity contribution in [3.8, 4) is 0 Å². The van der Waals surface area contributed by atoms with E-state index in [0.29, 0.717) is 16.5 Å². The number of halogens is 2. The van der Waals surface area contributed by atoms with Crippen LogP contribution in [0.5, 0.6) is 0 Å². The minimum atomic E-state index is -0.712. The average molecular weight is 302 g/mol. The molecule has 1 aromatic carbocycles. The Hall–Kier alpha value is -0.770. The molecule has 0 radical (unpaired) electrons. The fourth-order valence-electron chi connectivity index (χ4n) is 2.80. The highest BCUT2D eigenvalue weighted by molar-refractivity contribution is 6.42. The second-order valence-electron chi connectivity index (χ2n) is 5.06. The molecule has 5 heteroatoms. The van der Waals surface area contributed by atoms with Gasteiger partial charge in [-0.3, -0.25) is 9.69 Å². The Kier molecular flexibility index (Phi) is 4.39. The number of nitrogens with zero attached hydrogens (tertiary/aromatic N) is 1. The van der Waals surface area contributed by atoms with E-state index in [1.54, 1.807) is 6.07 Å². The summed E-state index contributed by atoms with van der Waals surface area (Å²) in [4.78, 5) is 13.4. The Balaban J connectivity index is 2.18. The summed E-state index contributed by atoms with van der Waals surface area (Å²) in [5.74, 6) is -0.999. The van der Waals surface area contributed by atoms with Crippen LogP contribution in [-0.2, 0) is 4.79 Å². The van der Waals surface area contributed by atoms with E-state index >= 15 is 0 Å². The molecule has 1 saturated heterocycles. The molecule has 1 aromatic rings. The first-order chi connectivity index (χ1) is 8.91. The summed E-state index contributed by atoms with van der Waals surface area (Å²) >= 11 is 12.0. The van der Waals surface area contributed by atoms with Crippen LogP contribution in [-0.4, -0.2) is 28.6 Å². The van der Waals surface area contributed by atoms with Crippen molar-refractivity contribution in [1.82, 2.24) is 4.90 Å². The standard InChI is InChI=1S/C14H17Cl2NO2/c1-8(10-3-4-12(15)13(16)7-10)17-6-5-11(9(17)2)14(18)19/h3-4,7-9,11H,5-6H2,1-2H3,(H,18,19). The number of aliphatic carboxylic acids is 1. The maximum atomic E-state index is 11.2. The number of carbonyl (C=O) groups is 1. The summed E-state index contributed by atoms with van der Waals surface area (Å²) in [6, 6.07) is 5.75. The Morgan fingerprint density at radius 1 is 1.42 bits per heavy atom. The summed E-state index contributed by atoms with van der Waals surface area (Å²) in [5.41, 5.74) is 1.06. The molecule has 1 aliphatic rings. The zero-order chi connectivity index (χ0) is 14.2. The third-order valence-electron chi connectivity index (χ3n) is 4.04. The molecule has 0 bridgehead atoms. The van der Waals surface area contributed by atoms with Crippen LogP contribution in [0, 0.1) is 5.92 Å². The largest absolute Gasteiger partial charge is 0.481 e. The van der Waals surface area contributed by atoms with Crippen molar-refractivity contribution in [2.75, 3.05) is 6.54 Å². The second-order valence-corrected chi connectivity index (χ2v) is 5.88. The van der Waals surface area contributed by atoms with Crippen molar-refractivity contribution >= 4 is 29.2 Å². The van der Waals surface area contributed by atoms with Crippen LogP contribution in [0.3, 0.4) is 0 Å². The van der Waals surface area contributed by atoms with Gasteiger partial charge in [0.15, 0.2) is 0 Å². The quantitative estimate of drug-likeness (QED) is 0.922. The Morgan fingerprint density at radius 2 is 2.11 bits per heavy atom. The fourth-order valence-corrected chi connectivity index (χ4v) is 3.11. The number of hydrogen-bond donors (Lipinski definition) is 1. The van der Waals surface area contributed by atoms with Gasteiger partial charge in [-0.2, -0.15) is 0 Å². The van der Waals surface area contributed by atoms with E-state index in [-0.39, 0.29) is 18.0 Å². The van der Waals surface area contributed by atoms with Gasteiger partial charge in [0.2, 0.25) is 0 Å². The van der Waals surface area contributed by atoms with Gasteiger partial charge in [0.05, 0.1) is 16.0 Å². The lowest BCUT2D eigenvalue weighted by Crippen LogP contribution is -2.34. The van der Waals surface area contributed by atoms with Crippen molar-refractivity contribution in [2.45, 2.75) is 32.4 Å². The van der Waals surface area contributed by atoms with E-state index in [2.05, 4.69) is 11.8 Å². The van der Waals surface area contributed by atoms with E-state index in [0.717, 1.165) is 12.1 Å². The van der Waals surface area contributed by atoms with Crippen molar-refractivity contribution < 1.29 is 9.90 Å². The molecule has 3 unspecified atom stereocenters. The number of carboxylic acid groups (broad SMARTS) is 1. The van der Waals surface area contributed by atoms with Gasteiger partial charge < -0.3 is 5.11 Å². The maximum Gasteiger partial charge on any atom is 0.308 e. The third-order valence-corrected chi connectivity index (χ3v) is 4.78. The molecule has 1 heterocycles. The highest BCUT2D eigenvalue weighted by atomic mass is 35.5. The number of carboxylic acids is 1. The molecule has 3 nitrogen and oxygen atoms in total. The van der Waals surface area contributed by atoms with Gasteiger partial charge >= 0.3 is 5.97 Å². The lowest BCUT2D eigenvalue weighted by molar-refractivity contribution is -0.142. The zero-order valence-electron chi connectivity index (χ0n) is 10.9. The first-order valence-electron chi connectivity index (χ1n) is 6.35. The lowest BCUT2D eigenvalue weighted by Gasteiger charge is -2.30. The van der Waals surface area contributed by atoms with Gasteiger partial charge in [0, 0.05) is 12.1 Å². The summed E-state index contributed by atoms with van der Waals surface area (Å²) < 4.78 is 0. The summed E-state index contributed by atoms with van der Waals surface area (Å²) in [6.45, 7) is 4.83. The van der Waals surface area contributed by atoms with Gasteiger partial charge in [-0.15, -0.1) is 0 Å². The van der Waals surface area contributed by atoms with E-state index in [9.17, 15) is 4.79 Å². The van der Waals surface area contributed by atoms with Crippen molar-refractivity contribution in [1.29, 1.82) is 0 Å². The fraction of sp³-hybridized carbons (Fsp3) is 0.500. The number of rotatable bonds is 3. The third kappa shape index (κ3) is 2.88. The molecule has 1 aliphatic heterocycles. The molecule has 0 aliphatic carbocycles. The van der Waals surface area contributed by atoms with Crippen LogP contribution in [0.1, 0.15) is 31.9 Å². The van der Waals surface area contributed by atoms with Gasteiger partial charge in [0.1, 0.15) is 0 Å². The van der Waals surface area contributed by atoms with E-state index < -0.39 is 5.97 Å². The number of benzene rings is 1. The van der Waals surface area contributed by atoms with Crippen molar-refractivity contribution in [2.24, 2.45) is 5.92 Å². The van der Waals surface area contributed by atoms with Crippen LogP contribution in [0.4, 0.5) is 0 Å². The average Bonchev–Trinajstić information content (AvgIpc) is 2.74. The molecular weight excluding hydrogens is 285 g/mol. The maximum absolute atomic E-state index is 11.2. The lowest BCUT2D eigenvalue weighted by atomic mass is 10.0. The molecule has 0 aromatic heterocycles. The molecule has 0 saturated carbocycles. The Labute approximate surface area is 123 Å². The molecule has 3 atom stereocenters. The van der Waals surface area contributed by atoms with Crippen LogP contribution in [0.15, 0.2) is 18.2 Å². The number of hydrogen-bond acceptors (Lipinski definition) is 2. The van der Waals surface area contributed by atoms with Gasteiger partial charge in [-0.05, 0) is 44.5 Å². The highest BCUT2D eigenvalue weighted by Crippen LogP contribution is 2.34. The van der Waals surface area contributed by atoms with Crippen LogP contribution in [0.2, 0.25) is 10.0 Å². The molecule has 19 heavy (non-hydrogen) atoms. The van der Waals surface area contributed by atoms with Gasteiger partial charge in [-0.25, -0.2) is 0 Å². The van der Waals surface area contributed by atoms with Gasteiger partial charge in [-0.1, -0.05) is 29.3 Å². The molecule has 1 fully saturated rings. The van der Waals surface area contributed by atoms with E-state index in [4.69, 9.17) is 28.3 Å². The first kappa shape index (κ1) is 14.6.